The van der Waals surface area contributed by atoms with Gasteiger partial charge in [0.25, 0.3) is 5.91 Å². The molecule has 2 aliphatic heterocycles. The number of nitrogens with one attached hydrogen (secondary N) is 3. The summed E-state index contributed by atoms with van der Waals surface area (Å²) in [6, 6.07) is 0.375. The highest BCUT2D eigenvalue weighted by Gasteiger charge is 2.42. The first kappa shape index (κ1) is 38.0. The fraction of sp³-hybridized carbons (Fsp3) is 0.258. The molecule has 0 aliphatic carbocycles. The summed E-state index contributed by atoms with van der Waals surface area (Å²) >= 11 is 6.12. The molecule has 0 bridgehead atoms. The number of hydrogen-bond acceptors (Lipinski definition) is 12. The van der Waals surface area contributed by atoms with Crippen LogP contribution in [0.15, 0.2) is 36.7 Å². The number of carbonyl (C=O) groups excluding carboxylic acids is 5. The Morgan fingerprint density at radius 1 is 1.06 bits per heavy atom. The number of carbonyl (C=O) groups is 6. The minimum Gasteiger partial charge on any atom is -0.534 e. The van der Waals surface area contributed by atoms with Gasteiger partial charge in [-0.15, -0.1) is 0 Å². The molecule has 6 amide bonds. The van der Waals surface area contributed by atoms with Crippen molar-refractivity contribution in [1.29, 1.82) is 0 Å². The number of halogens is 3. The number of amides is 6. The van der Waals surface area contributed by atoms with Crippen LogP contribution < -0.4 is 20.6 Å². The highest BCUT2D eigenvalue weighted by atomic mass is 35.5. The number of hydrogen-bond donors (Lipinski definition) is 8. The Morgan fingerprint density at radius 3 is 2.49 bits per heavy atom. The monoisotopic (exact) mass is 760 g/mol. The molecule has 278 valence electrons. The van der Waals surface area contributed by atoms with Crippen molar-refractivity contribution in [3.63, 3.8) is 0 Å². The first-order valence-corrected chi connectivity index (χ1v) is 15.9. The van der Waals surface area contributed by atoms with Gasteiger partial charge in [0.05, 0.1) is 22.7 Å². The first-order valence-electron chi connectivity index (χ1n) is 15.5. The maximum absolute atomic E-state index is 14.6. The second-order valence-electron chi connectivity index (χ2n) is 11.6. The zero-order chi connectivity index (χ0) is 38.7. The van der Waals surface area contributed by atoms with E-state index >= 15 is 0 Å². The van der Waals surface area contributed by atoms with Crippen molar-refractivity contribution in [2.24, 2.45) is 0 Å². The van der Waals surface area contributed by atoms with Gasteiger partial charge < -0.3 is 51.0 Å². The van der Waals surface area contributed by atoms with Crippen LogP contribution in [-0.4, -0.2) is 115 Å². The maximum Gasteiger partial charge on any atom is 0.547 e. The molecule has 0 unspecified atom stereocenters. The van der Waals surface area contributed by atoms with E-state index in [9.17, 15) is 63.0 Å². The van der Waals surface area contributed by atoms with Crippen LogP contribution in [0.1, 0.15) is 44.3 Å². The Morgan fingerprint density at radius 2 is 1.79 bits per heavy atom. The van der Waals surface area contributed by atoms with Crippen LogP contribution in [0, 0.1) is 11.6 Å². The minimum atomic E-state index is -2.07. The third kappa shape index (κ3) is 7.84. The number of urea groups is 1. The van der Waals surface area contributed by atoms with Gasteiger partial charge in [-0.2, -0.15) is 0 Å². The number of rotatable bonds is 10. The standard InChI is InChI=1S/C31H28BClF2N6O12/c33-21-15(11-17(35)23(43)24(21)44)22(27(46)38-19-10-13-2-3-16(34)20(30(49)50)25(13)53-32(19)52)39-31(51)41-9-8-40(28(47)29(41)48)7-1-5-37-26(45)14-4-6-36-12-18(14)42/h2-4,6,11-12,19,22,42-44,52H,1,5,7-10H2,(H,37,45)(H,38,46)(H,39,51)(H,49,50)/t19-,22+/m0/s1. The third-order valence-electron chi connectivity index (χ3n) is 8.28. The normalized spacial score (nSPS) is 16.0. The van der Waals surface area contributed by atoms with Gasteiger partial charge in [0.15, 0.2) is 17.3 Å². The Hall–Kier alpha value is -6.22. The van der Waals surface area contributed by atoms with Crippen molar-refractivity contribution in [3.05, 3.63) is 75.6 Å². The molecule has 1 fully saturated rings. The van der Waals surface area contributed by atoms with Gasteiger partial charge in [-0.1, -0.05) is 17.7 Å². The summed E-state index contributed by atoms with van der Waals surface area (Å²) in [7, 11) is -1.98. The van der Waals surface area contributed by atoms with Gasteiger partial charge in [-0.25, -0.2) is 18.4 Å². The lowest BCUT2D eigenvalue weighted by Crippen LogP contribution is -2.60. The average Bonchev–Trinajstić information content (AvgIpc) is 3.11. The van der Waals surface area contributed by atoms with E-state index in [-0.39, 0.29) is 55.9 Å². The molecule has 8 N–H and O–H groups in total. The lowest BCUT2D eigenvalue weighted by atomic mass is 9.72. The van der Waals surface area contributed by atoms with E-state index in [1.807, 2.05) is 0 Å². The second-order valence-corrected chi connectivity index (χ2v) is 12.0. The molecule has 0 radical (unpaired) electrons. The summed E-state index contributed by atoms with van der Waals surface area (Å²) in [6.07, 6.45) is 2.23. The van der Waals surface area contributed by atoms with E-state index in [1.54, 1.807) is 0 Å². The van der Waals surface area contributed by atoms with E-state index < -0.39 is 99.8 Å². The van der Waals surface area contributed by atoms with Crippen LogP contribution in [-0.2, 0) is 20.8 Å². The molecule has 18 nitrogen and oxygen atoms in total. The van der Waals surface area contributed by atoms with Gasteiger partial charge in [0.1, 0.15) is 28.9 Å². The molecule has 3 aromatic rings. The lowest BCUT2D eigenvalue weighted by Gasteiger charge is -2.34. The zero-order valence-electron chi connectivity index (χ0n) is 27.0. The van der Waals surface area contributed by atoms with E-state index in [2.05, 4.69) is 20.9 Å². The number of fused-ring (bicyclic) bond motifs is 1. The minimum absolute atomic E-state index is 0.0230. The summed E-state index contributed by atoms with van der Waals surface area (Å²) in [5.41, 5.74) is -1.47. The largest absolute Gasteiger partial charge is 0.547 e. The van der Waals surface area contributed by atoms with Crippen LogP contribution >= 0.6 is 11.6 Å². The van der Waals surface area contributed by atoms with E-state index in [4.69, 9.17) is 16.3 Å². The van der Waals surface area contributed by atoms with Crippen molar-refractivity contribution < 1.29 is 67.7 Å². The van der Waals surface area contributed by atoms with Gasteiger partial charge in [0, 0.05) is 37.9 Å². The second kappa shape index (κ2) is 15.6. The Labute approximate surface area is 302 Å². The number of piperazine rings is 1. The lowest BCUT2D eigenvalue weighted by molar-refractivity contribution is -0.153. The van der Waals surface area contributed by atoms with Gasteiger partial charge in [-0.05, 0) is 36.6 Å². The number of aromatic carboxylic acids is 1. The first-order chi connectivity index (χ1) is 25.1. The predicted molar refractivity (Wildman–Crippen MR) is 175 cm³/mol. The highest BCUT2D eigenvalue weighted by molar-refractivity contribution is 6.47. The molecule has 22 heteroatoms. The molecule has 2 atom stereocenters. The Bertz CT molecular complexity index is 2030. The van der Waals surface area contributed by atoms with Gasteiger partial charge in [0.2, 0.25) is 5.91 Å². The molecule has 2 aliphatic rings. The summed E-state index contributed by atoms with van der Waals surface area (Å²) in [6.45, 7) is -0.544. The zero-order valence-corrected chi connectivity index (χ0v) is 27.8. The van der Waals surface area contributed by atoms with Crippen molar-refractivity contribution in [1.82, 2.24) is 30.7 Å². The molecule has 5 rings (SSSR count). The summed E-state index contributed by atoms with van der Waals surface area (Å²) in [5, 5.41) is 56.0. The van der Waals surface area contributed by atoms with Crippen LogP contribution in [0.5, 0.6) is 23.0 Å². The van der Waals surface area contributed by atoms with Crippen molar-refractivity contribution in [2.45, 2.75) is 24.8 Å². The molecular formula is C31H28BClF2N6O12. The van der Waals surface area contributed by atoms with E-state index in [0.29, 0.717) is 11.0 Å². The topological polar surface area (TPSA) is 268 Å². The van der Waals surface area contributed by atoms with E-state index in [0.717, 1.165) is 23.2 Å². The SMILES string of the molecule is O=C(NCCCN1CCN(C(=O)N[C@@H](C(=O)N[C@H]2Cc3ccc(F)c(C(=O)O)c3OB2O)c2cc(F)c(O)c(O)c2Cl)C(=O)C1=O)c1ccncc1O. The number of phenolic OH excluding ortho intramolecular Hbond substituents is 2. The summed E-state index contributed by atoms with van der Waals surface area (Å²) in [5.74, 6) is -13.3. The van der Waals surface area contributed by atoms with E-state index in [1.165, 1.54) is 12.3 Å². The Kier molecular flexibility index (Phi) is 11.2. The summed E-state index contributed by atoms with van der Waals surface area (Å²) in [4.78, 5) is 82.1. The predicted octanol–water partition coefficient (Wildman–Crippen LogP) is 0.209. The van der Waals surface area contributed by atoms with Crippen molar-refractivity contribution >= 4 is 54.3 Å². The quantitative estimate of drug-likeness (QED) is 0.0595. The molecule has 0 saturated carbocycles. The van der Waals surface area contributed by atoms with Crippen LogP contribution in [0.25, 0.3) is 0 Å². The number of phenols is 2. The maximum atomic E-state index is 14.6. The average molecular weight is 761 g/mol. The smallest absolute Gasteiger partial charge is 0.534 e. The number of nitrogens with zero attached hydrogens (tertiary/aromatic N) is 3. The van der Waals surface area contributed by atoms with Crippen LogP contribution in [0.4, 0.5) is 13.6 Å². The van der Waals surface area contributed by atoms with Gasteiger partial charge >= 0.3 is 30.9 Å². The van der Waals surface area contributed by atoms with Crippen molar-refractivity contribution in [3.8, 4) is 23.0 Å². The van der Waals surface area contributed by atoms with Crippen molar-refractivity contribution in [2.75, 3.05) is 26.2 Å². The highest BCUT2D eigenvalue weighted by Crippen LogP contribution is 2.40. The number of imide groups is 1. The van der Waals surface area contributed by atoms with Crippen LogP contribution in [0.3, 0.4) is 0 Å². The number of carboxylic acid groups (broad SMARTS) is 1. The molecule has 2 aromatic carbocycles. The number of carboxylic acids is 1. The molecular weight excluding hydrogens is 733 g/mol. The fourth-order valence-corrected chi connectivity index (χ4v) is 5.82. The molecule has 0 spiro atoms. The molecule has 53 heavy (non-hydrogen) atoms. The Balaban J connectivity index is 1.28. The number of aromatic hydroxyl groups is 3. The number of pyridine rings is 1. The number of aromatic nitrogens is 1. The third-order valence-corrected chi connectivity index (χ3v) is 8.67. The molecule has 1 saturated heterocycles. The molecule has 1 aromatic heterocycles. The van der Waals surface area contributed by atoms with Gasteiger partial charge in [-0.3, -0.25) is 29.1 Å². The summed E-state index contributed by atoms with van der Waals surface area (Å²) < 4.78 is 34.0. The van der Waals surface area contributed by atoms with Crippen LogP contribution in [0.2, 0.25) is 5.02 Å². The fourth-order valence-electron chi connectivity index (χ4n) is 5.57. The number of benzene rings is 2. The molecule has 3 heterocycles.